The first-order chi connectivity index (χ1) is 10.5. The van der Waals surface area contributed by atoms with Gasteiger partial charge in [0.15, 0.2) is 0 Å². The Balaban J connectivity index is 1.93. The molecular formula is C18H18N2OS. The van der Waals surface area contributed by atoms with Crippen LogP contribution >= 0.6 is 11.8 Å². The van der Waals surface area contributed by atoms with E-state index in [1.54, 1.807) is 11.8 Å². The predicted octanol–water partition coefficient (Wildman–Crippen LogP) is 4.14. The highest BCUT2D eigenvalue weighted by Crippen LogP contribution is 2.26. The lowest BCUT2D eigenvalue weighted by Crippen LogP contribution is -2.11. The van der Waals surface area contributed by atoms with Crippen LogP contribution in [0.1, 0.15) is 22.5 Å². The first kappa shape index (κ1) is 14.9. The van der Waals surface area contributed by atoms with Crippen LogP contribution in [-0.2, 0) is 5.75 Å². The van der Waals surface area contributed by atoms with Crippen molar-refractivity contribution in [3.63, 3.8) is 0 Å². The first-order valence-electron chi connectivity index (χ1n) is 7.23. The first-order valence-corrected chi connectivity index (χ1v) is 8.22. The fraction of sp³-hybridized carbons (Fsp3) is 0.222. The number of hydrogen-bond donors (Lipinski definition) is 1. The van der Waals surface area contributed by atoms with Crippen molar-refractivity contribution in [3.8, 4) is 0 Å². The van der Waals surface area contributed by atoms with Crippen molar-refractivity contribution in [1.82, 2.24) is 9.97 Å². The Bertz CT molecular complexity index is 899. The molecule has 2 aromatic carbocycles. The lowest BCUT2D eigenvalue weighted by Gasteiger charge is -2.08. The van der Waals surface area contributed by atoms with Crippen LogP contribution in [0, 0.1) is 20.8 Å². The summed E-state index contributed by atoms with van der Waals surface area (Å²) < 4.78 is 0. The molecule has 0 fully saturated rings. The standard InChI is InChI=1S/C18H18N2OS/c1-11-7-8-12(2)15(9-11)22-10-16-19-17-13(3)5-4-6-14(17)18(21)20-16/h4-9H,10H2,1-3H3,(H,19,20,21). The molecule has 0 aliphatic rings. The Morgan fingerprint density at radius 2 is 1.91 bits per heavy atom. The van der Waals surface area contributed by atoms with Crippen molar-refractivity contribution in [1.29, 1.82) is 0 Å². The molecule has 22 heavy (non-hydrogen) atoms. The molecule has 0 bridgehead atoms. The summed E-state index contributed by atoms with van der Waals surface area (Å²) in [6, 6.07) is 12.1. The van der Waals surface area contributed by atoms with Gasteiger partial charge in [0.05, 0.1) is 16.7 Å². The van der Waals surface area contributed by atoms with Gasteiger partial charge < -0.3 is 4.98 Å². The van der Waals surface area contributed by atoms with E-state index >= 15 is 0 Å². The third-order valence-corrected chi connectivity index (χ3v) is 4.86. The third-order valence-electron chi connectivity index (χ3n) is 3.70. The van der Waals surface area contributed by atoms with Gasteiger partial charge in [0.1, 0.15) is 5.82 Å². The van der Waals surface area contributed by atoms with Gasteiger partial charge in [-0.15, -0.1) is 11.8 Å². The van der Waals surface area contributed by atoms with E-state index in [1.165, 1.54) is 16.0 Å². The maximum absolute atomic E-state index is 12.2. The highest BCUT2D eigenvalue weighted by molar-refractivity contribution is 7.98. The Morgan fingerprint density at radius 1 is 1.09 bits per heavy atom. The number of aromatic nitrogens is 2. The molecule has 3 nitrogen and oxygen atoms in total. The number of hydrogen-bond acceptors (Lipinski definition) is 3. The largest absolute Gasteiger partial charge is 0.309 e. The number of nitrogens with zero attached hydrogens (tertiary/aromatic N) is 1. The van der Waals surface area contributed by atoms with Crippen LogP contribution in [0.15, 0.2) is 46.1 Å². The van der Waals surface area contributed by atoms with E-state index in [4.69, 9.17) is 0 Å². The summed E-state index contributed by atoms with van der Waals surface area (Å²) in [5.74, 6) is 1.38. The lowest BCUT2D eigenvalue weighted by atomic mass is 10.1. The minimum atomic E-state index is -0.0646. The number of thioether (sulfide) groups is 1. The number of H-pyrrole nitrogens is 1. The summed E-state index contributed by atoms with van der Waals surface area (Å²) in [5.41, 5.74) is 4.24. The molecule has 1 N–H and O–H groups in total. The van der Waals surface area contributed by atoms with E-state index < -0.39 is 0 Å². The molecule has 3 aromatic rings. The quantitative estimate of drug-likeness (QED) is 0.740. The maximum Gasteiger partial charge on any atom is 0.258 e. The van der Waals surface area contributed by atoms with Gasteiger partial charge in [-0.2, -0.15) is 0 Å². The molecule has 0 atom stereocenters. The Kier molecular flexibility index (Phi) is 4.03. The second-order valence-corrected chi connectivity index (χ2v) is 6.56. The topological polar surface area (TPSA) is 45.8 Å². The second kappa shape index (κ2) is 5.97. The van der Waals surface area contributed by atoms with Gasteiger partial charge in [0.25, 0.3) is 5.56 Å². The summed E-state index contributed by atoms with van der Waals surface area (Å²) in [7, 11) is 0. The fourth-order valence-corrected chi connectivity index (χ4v) is 3.42. The van der Waals surface area contributed by atoms with Crippen LogP contribution in [-0.4, -0.2) is 9.97 Å². The van der Waals surface area contributed by atoms with E-state index in [0.29, 0.717) is 11.1 Å². The van der Waals surface area contributed by atoms with Crippen LogP contribution in [0.3, 0.4) is 0 Å². The van der Waals surface area contributed by atoms with Gasteiger partial charge in [0, 0.05) is 4.90 Å². The predicted molar refractivity (Wildman–Crippen MR) is 92.6 cm³/mol. The van der Waals surface area contributed by atoms with Crippen LogP contribution < -0.4 is 5.56 Å². The molecule has 112 valence electrons. The summed E-state index contributed by atoms with van der Waals surface area (Å²) in [4.78, 5) is 20.9. The molecule has 0 aliphatic carbocycles. The molecule has 0 aliphatic heterocycles. The van der Waals surface area contributed by atoms with Crippen molar-refractivity contribution in [3.05, 3.63) is 69.3 Å². The number of aryl methyl sites for hydroxylation is 3. The molecule has 0 radical (unpaired) electrons. The number of fused-ring (bicyclic) bond motifs is 1. The number of benzene rings is 2. The van der Waals surface area contributed by atoms with Gasteiger partial charge in [0.2, 0.25) is 0 Å². The van der Waals surface area contributed by atoms with Crippen molar-refractivity contribution in [2.24, 2.45) is 0 Å². The minimum absolute atomic E-state index is 0.0646. The summed E-state index contributed by atoms with van der Waals surface area (Å²) >= 11 is 1.70. The van der Waals surface area contributed by atoms with Crippen LogP contribution in [0.25, 0.3) is 10.9 Å². The fourth-order valence-electron chi connectivity index (χ4n) is 2.43. The normalized spacial score (nSPS) is 11.0. The molecule has 0 saturated heterocycles. The Hall–Kier alpha value is -2.07. The molecule has 3 rings (SSSR count). The zero-order valence-electron chi connectivity index (χ0n) is 12.9. The van der Waals surface area contributed by atoms with E-state index in [2.05, 4.69) is 42.0 Å². The number of aromatic amines is 1. The molecule has 1 heterocycles. The molecule has 0 amide bonds. The van der Waals surface area contributed by atoms with E-state index in [0.717, 1.165) is 16.9 Å². The van der Waals surface area contributed by atoms with Gasteiger partial charge in [-0.3, -0.25) is 4.79 Å². The van der Waals surface area contributed by atoms with Gasteiger partial charge >= 0.3 is 0 Å². The third kappa shape index (κ3) is 2.92. The zero-order valence-corrected chi connectivity index (χ0v) is 13.8. The minimum Gasteiger partial charge on any atom is -0.309 e. The zero-order chi connectivity index (χ0) is 15.7. The van der Waals surface area contributed by atoms with E-state index in [1.807, 2.05) is 25.1 Å². The van der Waals surface area contributed by atoms with Crippen LogP contribution in [0.4, 0.5) is 0 Å². The Labute approximate surface area is 133 Å². The molecule has 1 aromatic heterocycles. The maximum atomic E-state index is 12.2. The smallest absolute Gasteiger partial charge is 0.258 e. The van der Waals surface area contributed by atoms with Crippen molar-refractivity contribution >= 4 is 22.7 Å². The van der Waals surface area contributed by atoms with E-state index in [9.17, 15) is 4.79 Å². The number of para-hydroxylation sites is 1. The van der Waals surface area contributed by atoms with Crippen molar-refractivity contribution in [2.75, 3.05) is 0 Å². The highest BCUT2D eigenvalue weighted by Gasteiger charge is 2.07. The average molecular weight is 310 g/mol. The summed E-state index contributed by atoms with van der Waals surface area (Å²) in [6.07, 6.45) is 0. The van der Waals surface area contributed by atoms with Gasteiger partial charge in [-0.25, -0.2) is 4.98 Å². The lowest BCUT2D eigenvalue weighted by molar-refractivity contribution is 1.03. The van der Waals surface area contributed by atoms with Crippen LogP contribution in [0.2, 0.25) is 0 Å². The van der Waals surface area contributed by atoms with Crippen molar-refractivity contribution in [2.45, 2.75) is 31.4 Å². The molecule has 4 heteroatoms. The summed E-state index contributed by atoms with van der Waals surface area (Å²) in [5, 5.41) is 0.653. The average Bonchev–Trinajstić information content (AvgIpc) is 2.49. The Morgan fingerprint density at radius 3 is 2.73 bits per heavy atom. The summed E-state index contributed by atoms with van der Waals surface area (Å²) in [6.45, 7) is 6.17. The molecule has 0 spiro atoms. The highest BCUT2D eigenvalue weighted by atomic mass is 32.2. The monoisotopic (exact) mass is 310 g/mol. The second-order valence-electron chi connectivity index (χ2n) is 5.54. The molecular weight excluding hydrogens is 292 g/mol. The number of nitrogens with one attached hydrogen (secondary N) is 1. The SMILES string of the molecule is Cc1ccc(C)c(SCc2nc3c(C)cccc3c(=O)[nH]2)c1. The van der Waals surface area contributed by atoms with Crippen molar-refractivity contribution < 1.29 is 0 Å². The van der Waals surface area contributed by atoms with Crippen LogP contribution in [0.5, 0.6) is 0 Å². The van der Waals surface area contributed by atoms with Gasteiger partial charge in [-0.05, 0) is 44.0 Å². The van der Waals surface area contributed by atoms with Gasteiger partial charge in [-0.1, -0.05) is 29.8 Å². The number of rotatable bonds is 3. The molecule has 0 unspecified atom stereocenters. The molecule has 0 saturated carbocycles. The van der Waals surface area contributed by atoms with E-state index in [-0.39, 0.29) is 5.56 Å².